The standard InChI is InChI=1S/C34H58O15/c1-8-9-10-11-12-13-14-15-24(38)44-28-27(46-31(41)20(4)5)26(45-30(40)19(2)3)23(17-36)43-33(28)49-34(18-37)29(47-32(42)21(6)7)25(39)22(16-35)48-34/h19-23,25-29,33,35-37,39H,8-18H2,1-7H3/t22-,23-,25+,26-,27+,28-,29-,33+,34-/m0/s1. The summed E-state index contributed by atoms with van der Waals surface area (Å²) in [5.41, 5.74) is 0. The van der Waals surface area contributed by atoms with E-state index in [1.807, 2.05) is 0 Å². The number of hydrogen-bond acceptors (Lipinski definition) is 15. The number of unbranched alkanes of at least 4 members (excludes halogenated alkanes) is 6. The summed E-state index contributed by atoms with van der Waals surface area (Å²) in [5, 5.41) is 41.9. The Labute approximate surface area is 288 Å². The Morgan fingerprint density at radius 3 is 1.69 bits per heavy atom. The van der Waals surface area contributed by atoms with Crippen molar-refractivity contribution >= 4 is 23.9 Å². The molecule has 0 aromatic rings. The lowest BCUT2D eigenvalue weighted by Crippen LogP contribution is -2.65. The van der Waals surface area contributed by atoms with Gasteiger partial charge in [-0.15, -0.1) is 0 Å². The predicted molar refractivity (Wildman–Crippen MR) is 171 cm³/mol. The third-order valence-electron chi connectivity index (χ3n) is 8.38. The van der Waals surface area contributed by atoms with Crippen molar-refractivity contribution in [2.45, 2.75) is 155 Å². The van der Waals surface area contributed by atoms with Crippen molar-refractivity contribution in [2.75, 3.05) is 19.8 Å². The van der Waals surface area contributed by atoms with Crippen LogP contribution < -0.4 is 0 Å². The highest BCUT2D eigenvalue weighted by Gasteiger charge is 2.62. The van der Waals surface area contributed by atoms with Crippen LogP contribution >= 0.6 is 0 Å². The number of rotatable bonds is 20. The minimum Gasteiger partial charge on any atom is -0.455 e. The van der Waals surface area contributed by atoms with Crippen molar-refractivity contribution in [1.82, 2.24) is 0 Å². The number of carbonyl (C=O) groups is 4. The van der Waals surface area contributed by atoms with Crippen LogP contribution in [0.4, 0.5) is 0 Å². The summed E-state index contributed by atoms with van der Waals surface area (Å²) >= 11 is 0. The molecule has 0 aromatic carbocycles. The molecule has 2 saturated heterocycles. The average molecular weight is 707 g/mol. The summed E-state index contributed by atoms with van der Waals surface area (Å²) in [6, 6.07) is 0. The van der Waals surface area contributed by atoms with Gasteiger partial charge in [-0.3, -0.25) is 19.2 Å². The second-order valence-electron chi connectivity index (χ2n) is 13.6. The molecule has 49 heavy (non-hydrogen) atoms. The van der Waals surface area contributed by atoms with Gasteiger partial charge < -0.3 is 53.6 Å². The maximum Gasteiger partial charge on any atom is 0.308 e. The van der Waals surface area contributed by atoms with E-state index in [0.717, 1.165) is 38.5 Å². The van der Waals surface area contributed by atoms with E-state index in [9.17, 15) is 39.6 Å². The van der Waals surface area contributed by atoms with E-state index in [0.29, 0.717) is 6.42 Å². The first-order valence-corrected chi connectivity index (χ1v) is 17.5. The zero-order valence-corrected chi connectivity index (χ0v) is 29.9. The van der Waals surface area contributed by atoms with Crippen molar-refractivity contribution in [3.05, 3.63) is 0 Å². The lowest BCUT2D eigenvalue weighted by molar-refractivity contribution is -0.384. The van der Waals surface area contributed by atoms with E-state index in [4.69, 9.17) is 33.2 Å². The number of carbonyl (C=O) groups excluding carboxylic acids is 4. The van der Waals surface area contributed by atoms with Crippen LogP contribution in [0.15, 0.2) is 0 Å². The SMILES string of the molecule is CCCCCCCCCC(=O)O[C@@H]1[C@@H](O[C@]2(CO)O[C@@H](CO)[C@@H](O)[C@@H]2OC(=O)C(C)C)O[C@@H](CO)[C@H](OC(=O)C(C)C)[C@H]1OC(=O)C(C)C. The first-order valence-electron chi connectivity index (χ1n) is 17.5. The third kappa shape index (κ3) is 11.8. The fourth-order valence-electron chi connectivity index (χ4n) is 5.37. The molecule has 0 spiro atoms. The molecule has 0 saturated carbocycles. The van der Waals surface area contributed by atoms with Crippen LogP contribution in [0.5, 0.6) is 0 Å². The van der Waals surface area contributed by atoms with Gasteiger partial charge in [0.25, 0.3) is 0 Å². The van der Waals surface area contributed by atoms with Crippen LogP contribution in [0, 0.1) is 17.8 Å². The molecule has 9 atom stereocenters. The highest BCUT2D eigenvalue weighted by atomic mass is 16.8. The molecule has 0 radical (unpaired) electrons. The molecule has 2 aliphatic rings. The number of aliphatic hydroxyl groups is 4. The van der Waals surface area contributed by atoms with Crippen LogP contribution in [-0.2, 0) is 52.3 Å². The normalized spacial score (nSPS) is 30.1. The Hall–Kier alpha value is -2.40. The second kappa shape index (κ2) is 20.4. The third-order valence-corrected chi connectivity index (χ3v) is 8.38. The topological polar surface area (TPSA) is 214 Å². The zero-order valence-electron chi connectivity index (χ0n) is 29.9. The summed E-state index contributed by atoms with van der Waals surface area (Å²) in [7, 11) is 0. The summed E-state index contributed by atoms with van der Waals surface area (Å²) in [5.74, 6) is -7.35. The molecule has 2 fully saturated rings. The van der Waals surface area contributed by atoms with E-state index in [1.54, 1.807) is 41.5 Å². The maximum absolute atomic E-state index is 13.3. The van der Waals surface area contributed by atoms with Crippen molar-refractivity contribution in [2.24, 2.45) is 17.8 Å². The molecule has 2 aliphatic heterocycles. The fraction of sp³-hybridized carbons (Fsp3) is 0.882. The molecule has 0 aliphatic carbocycles. The second-order valence-corrected chi connectivity index (χ2v) is 13.6. The molecule has 2 heterocycles. The van der Waals surface area contributed by atoms with Gasteiger partial charge in [-0.25, -0.2) is 0 Å². The van der Waals surface area contributed by atoms with Crippen LogP contribution in [0.1, 0.15) is 99.8 Å². The molecule has 0 amide bonds. The Kier molecular flexibility index (Phi) is 17.8. The molecule has 15 nitrogen and oxygen atoms in total. The quantitative estimate of drug-likeness (QED) is 0.0809. The van der Waals surface area contributed by atoms with Crippen molar-refractivity contribution in [1.29, 1.82) is 0 Å². The minimum absolute atomic E-state index is 0.0245. The monoisotopic (exact) mass is 706 g/mol. The van der Waals surface area contributed by atoms with Gasteiger partial charge in [-0.1, -0.05) is 87.0 Å². The molecule has 4 N–H and O–H groups in total. The van der Waals surface area contributed by atoms with Gasteiger partial charge in [0.2, 0.25) is 12.1 Å². The van der Waals surface area contributed by atoms with Gasteiger partial charge in [-0.2, -0.15) is 0 Å². The number of ether oxygens (including phenoxy) is 7. The Bertz CT molecular complexity index is 1050. The number of esters is 4. The molecule has 284 valence electrons. The fourth-order valence-corrected chi connectivity index (χ4v) is 5.37. The van der Waals surface area contributed by atoms with Crippen LogP contribution in [-0.4, -0.2) is 119 Å². The maximum atomic E-state index is 13.3. The van der Waals surface area contributed by atoms with E-state index in [-0.39, 0.29) is 6.42 Å². The van der Waals surface area contributed by atoms with Gasteiger partial charge in [0.15, 0.2) is 24.4 Å². The predicted octanol–water partition coefficient (Wildman–Crippen LogP) is 1.92. The molecule has 15 heteroatoms. The zero-order chi connectivity index (χ0) is 36.9. The molecule has 0 unspecified atom stereocenters. The first-order chi connectivity index (χ1) is 23.2. The Morgan fingerprint density at radius 2 is 1.18 bits per heavy atom. The van der Waals surface area contributed by atoms with Gasteiger partial charge in [0, 0.05) is 6.42 Å². The molecule has 2 rings (SSSR count). The molecular weight excluding hydrogens is 648 g/mol. The molecule has 0 aromatic heterocycles. The summed E-state index contributed by atoms with van der Waals surface area (Å²) in [4.78, 5) is 51.8. The van der Waals surface area contributed by atoms with E-state index < -0.39 is 116 Å². The first kappa shape index (κ1) is 42.8. The molecule has 0 bridgehead atoms. The van der Waals surface area contributed by atoms with Gasteiger partial charge in [0.05, 0.1) is 31.0 Å². The van der Waals surface area contributed by atoms with Crippen molar-refractivity contribution < 1.29 is 72.8 Å². The summed E-state index contributed by atoms with van der Waals surface area (Å²) in [6.07, 6.45) is -6.22. The highest BCUT2D eigenvalue weighted by Crippen LogP contribution is 2.40. The Balaban J connectivity index is 2.55. The number of hydrogen-bond donors (Lipinski definition) is 4. The van der Waals surface area contributed by atoms with E-state index >= 15 is 0 Å². The highest BCUT2D eigenvalue weighted by molar-refractivity contribution is 5.73. The van der Waals surface area contributed by atoms with Gasteiger partial charge in [-0.05, 0) is 6.42 Å². The smallest absolute Gasteiger partial charge is 0.308 e. The Morgan fingerprint density at radius 1 is 0.673 bits per heavy atom. The van der Waals surface area contributed by atoms with Gasteiger partial charge >= 0.3 is 23.9 Å². The van der Waals surface area contributed by atoms with Crippen LogP contribution in [0.2, 0.25) is 0 Å². The van der Waals surface area contributed by atoms with Gasteiger partial charge in [0.1, 0.15) is 24.9 Å². The van der Waals surface area contributed by atoms with Crippen LogP contribution in [0.3, 0.4) is 0 Å². The average Bonchev–Trinajstić information content (AvgIpc) is 3.32. The van der Waals surface area contributed by atoms with Crippen molar-refractivity contribution in [3.8, 4) is 0 Å². The lowest BCUT2D eigenvalue weighted by atomic mass is 9.97. The lowest BCUT2D eigenvalue weighted by Gasteiger charge is -2.46. The number of aliphatic hydroxyl groups excluding tert-OH is 4. The molecular formula is C34H58O15. The van der Waals surface area contributed by atoms with Crippen LogP contribution in [0.25, 0.3) is 0 Å². The largest absolute Gasteiger partial charge is 0.455 e. The van der Waals surface area contributed by atoms with Crippen molar-refractivity contribution in [3.63, 3.8) is 0 Å². The summed E-state index contributed by atoms with van der Waals surface area (Å²) in [6.45, 7) is 8.88. The van der Waals surface area contributed by atoms with E-state index in [2.05, 4.69) is 6.92 Å². The minimum atomic E-state index is -2.39. The summed E-state index contributed by atoms with van der Waals surface area (Å²) < 4.78 is 40.6. The van der Waals surface area contributed by atoms with E-state index in [1.165, 1.54) is 0 Å².